The summed E-state index contributed by atoms with van der Waals surface area (Å²) in [4.78, 5) is 4.06. The maximum atomic E-state index is 9.26. The summed E-state index contributed by atoms with van der Waals surface area (Å²) in [5.41, 5.74) is 2.81. The molecular formula is C16H20N2O3. The number of nitrogens with zero attached hydrogens (tertiary/aromatic N) is 1. The third kappa shape index (κ3) is 4.73. The van der Waals surface area contributed by atoms with Crippen LogP contribution >= 0.6 is 0 Å². The number of rotatable bonds is 8. The van der Waals surface area contributed by atoms with Crippen LogP contribution in [0.15, 0.2) is 42.7 Å². The van der Waals surface area contributed by atoms with E-state index in [0.717, 1.165) is 22.6 Å². The highest BCUT2D eigenvalue weighted by Crippen LogP contribution is 2.16. The Hall–Kier alpha value is -2.11. The minimum atomic E-state index is -0.00285. The van der Waals surface area contributed by atoms with Crippen LogP contribution in [-0.4, -0.2) is 30.4 Å². The van der Waals surface area contributed by atoms with E-state index in [0.29, 0.717) is 19.8 Å². The SMILES string of the molecule is COCCOc1ccc(CNc2cnccc2CO)cc1. The third-order valence-corrected chi connectivity index (χ3v) is 3.04. The smallest absolute Gasteiger partial charge is 0.119 e. The third-order valence-electron chi connectivity index (χ3n) is 3.04. The van der Waals surface area contributed by atoms with Gasteiger partial charge >= 0.3 is 0 Å². The van der Waals surface area contributed by atoms with Crippen LogP contribution in [0, 0.1) is 0 Å². The standard InChI is InChI=1S/C16H20N2O3/c1-20-8-9-21-15-4-2-13(3-5-15)10-18-16-11-17-7-6-14(16)12-19/h2-7,11,18-19H,8-10,12H2,1H3. The molecule has 21 heavy (non-hydrogen) atoms. The van der Waals surface area contributed by atoms with Crippen molar-refractivity contribution in [1.82, 2.24) is 4.98 Å². The molecule has 0 fully saturated rings. The number of benzene rings is 1. The van der Waals surface area contributed by atoms with Gasteiger partial charge in [-0.25, -0.2) is 0 Å². The molecule has 0 radical (unpaired) electrons. The lowest BCUT2D eigenvalue weighted by molar-refractivity contribution is 0.146. The van der Waals surface area contributed by atoms with Gasteiger partial charge in [0.25, 0.3) is 0 Å². The molecule has 0 aliphatic rings. The minimum Gasteiger partial charge on any atom is -0.491 e. The van der Waals surface area contributed by atoms with Gasteiger partial charge in [0.2, 0.25) is 0 Å². The van der Waals surface area contributed by atoms with Crippen molar-refractivity contribution in [3.8, 4) is 5.75 Å². The molecule has 1 heterocycles. The van der Waals surface area contributed by atoms with E-state index in [4.69, 9.17) is 9.47 Å². The number of methoxy groups -OCH3 is 1. The molecule has 0 unspecified atom stereocenters. The number of aliphatic hydroxyl groups is 1. The Labute approximate surface area is 124 Å². The maximum absolute atomic E-state index is 9.26. The summed E-state index contributed by atoms with van der Waals surface area (Å²) >= 11 is 0. The number of anilines is 1. The fraction of sp³-hybridized carbons (Fsp3) is 0.312. The Morgan fingerprint density at radius 3 is 2.67 bits per heavy atom. The lowest BCUT2D eigenvalue weighted by atomic mass is 10.2. The van der Waals surface area contributed by atoms with E-state index in [9.17, 15) is 5.11 Å². The molecule has 2 aromatic rings. The van der Waals surface area contributed by atoms with Crippen LogP contribution in [0.1, 0.15) is 11.1 Å². The molecule has 5 nitrogen and oxygen atoms in total. The van der Waals surface area contributed by atoms with E-state index in [1.165, 1.54) is 0 Å². The van der Waals surface area contributed by atoms with Crippen molar-refractivity contribution in [2.75, 3.05) is 25.6 Å². The predicted octanol–water partition coefficient (Wildman–Crippen LogP) is 2.21. The van der Waals surface area contributed by atoms with Crippen molar-refractivity contribution in [3.63, 3.8) is 0 Å². The van der Waals surface area contributed by atoms with E-state index >= 15 is 0 Å². The Morgan fingerprint density at radius 2 is 1.95 bits per heavy atom. The van der Waals surface area contributed by atoms with Crippen LogP contribution in [0.5, 0.6) is 5.75 Å². The largest absolute Gasteiger partial charge is 0.491 e. The van der Waals surface area contributed by atoms with Crippen molar-refractivity contribution >= 4 is 5.69 Å². The molecule has 1 aromatic carbocycles. The first-order chi connectivity index (χ1) is 10.3. The molecule has 0 amide bonds. The summed E-state index contributed by atoms with van der Waals surface area (Å²) < 4.78 is 10.4. The zero-order valence-corrected chi connectivity index (χ0v) is 12.1. The number of aromatic nitrogens is 1. The summed E-state index contributed by atoms with van der Waals surface area (Å²) in [6.45, 7) is 1.78. The number of pyridine rings is 1. The van der Waals surface area contributed by atoms with E-state index < -0.39 is 0 Å². The second kappa shape index (κ2) is 8.24. The molecule has 2 rings (SSSR count). The highest BCUT2D eigenvalue weighted by atomic mass is 16.5. The molecule has 0 saturated carbocycles. The van der Waals surface area contributed by atoms with Crippen LogP contribution in [0.4, 0.5) is 5.69 Å². The second-order valence-corrected chi connectivity index (χ2v) is 4.53. The predicted molar refractivity (Wildman–Crippen MR) is 81.3 cm³/mol. The van der Waals surface area contributed by atoms with Gasteiger partial charge in [-0.05, 0) is 23.8 Å². The molecule has 0 saturated heterocycles. The molecule has 0 bridgehead atoms. The lowest BCUT2D eigenvalue weighted by Crippen LogP contribution is -2.05. The minimum absolute atomic E-state index is 0.00285. The molecule has 5 heteroatoms. The summed E-state index contributed by atoms with van der Waals surface area (Å²) in [6.07, 6.45) is 3.39. The molecule has 112 valence electrons. The van der Waals surface area contributed by atoms with Crippen LogP contribution in [0.2, 0.25) is 0 Å². The quantitative estimate of drug-likeness (QED) is 0.729. The van der Waals surface area contributed by atoms with Crippen molar-refractivity contribution in [2.45, 2.75) is 13.2 Å². The van der Waals surface area contributed by atoms with Gasteiger partial charge in [0.1, 0.15) is 12.4 Å². The van der Waals surface area contributed by atoms with Crippen molar-refractivity contribution in [3.05, 3.63) is 53.9 Å². The van der Waals surface area contributed by atoms with E-state index in [1.54, 1.807) is 25.6 Å². The van der Waals surface area contributed by atoms with Gasteiger partial charge in [0.05, 0.1) is 25.1 Å². The van der Waals surface area contributed by atoms with Crippen LogP contribution in [-0.2, 0) is 17.9 Å². The summed E-state index contributed by atoms with van der Waals surface area (Å²) in [5, 5.41) is 12.5. The fourth-order valence-corrected chi connectivity index (χ4v) is 1.86. The second-order valence-electron chi connectivity index (χ2n) is 4.53. The van der Waals surface area contributed by atoms with Crippen LogP contribution in [0.25, 0.3) is 0 Å². The fourth-order valence-electron chi connectivity index (χ4n) is 1.86. The molecule has 2 N–H and O–H groups in total. The highest BCUT2D eigenvalue weighted by Gasteiger charge is 2.01. The topological polar surface area (TPSA) is 63.6 Å². The van der Waals surface area contributed by atoms with Crippen molar-refractivity contribution in [2.24, 2.45) is 0 Å². The van der Waals surface area contributed by atoms with Gasteiger partial charge in [-0.3, -0.25) is 4.98 Å². The Balaban J connectivity index is 1.88. The summed E-state index contributed by atoms with van der Waals surface area (Å²) in [7, 11) is 1.65. The van der Waals surface area contributed by atoms with Gasteiger partial charge in [0, 0.05) is 25.4 Å². The number of ether oxygens (including phenoxy) is 2. The summed E-state index contributed by atoms with van der Waals surface area (Å²) in [6, 6.07) is 9.68. The van der Waals surface area contributed by atoms with Gasteiger partial charge in [-0.1, -0.05) is 12.1 Å². The first kappa shape index (κ1) is 15.3. The average molecular weight is 288 g/mol. The van der Waals surface area contributed by atoms with Crippen molar-refractivity contribution < 1.29 is 14.6 Å². The normalized spacial score (nSPS) is 10.4. The van der Waals surface area contributed by atoms with Gasteiger partial charge < -0.3 is 19.9 Å². The van der Waals surface area contributed by atoms with Crippen LogP contribution in [0.3, 0.4) is 0 Å². The number of hydrogen-bond acceptors (Lipinski definition) is 5. The zero-order valence-electron chi connectivity index (χ0n) is 12.1. The Bertz CT molecular complexity index is 543. The van der Waals surface area contributed by atoms with E-state index in [1.807, 2.05) is 24.3 Å². The molecular weight excluding hydrogens is 268 g/mol. The number of nitrogens with one attached hydrogen (secondary N) is 1. The van der Waals surface area contributed by atoms with E-state index in [-0.39, 0.29) is 6.61 Å². The van der Waals surface area contributed by atoms with Gasteiger partial charge in [-0.2, -0.15) is 0 Å². The first-order valence-electron chi connectivity index (χ1n) is 6.82. The number of aliphatic hydroxyl groups excluding tert-OH is 1. The summed E-state index contributed by atoms with van der Waals surface area (Å²) in [5.74, 6) is 0.827. The Morgan fingerprint density at radius 1 is 1.14 bits per heavy atom. The molecule has 0 aliphatic heterocycles. The first-order valence-corrected chi connectivity index (χ1v) is 6.82. The van der Waals surface area contributed by atoms with Crippen molar-refractivity contribution in [1.29, 1.82) is 0 Å². The van der Waals surface area contributed by atoms with Crippen LogP contribution < -0.4 is 10.1 Å². The van der Waals surface area contributed by atoms with Gasteiger partial charge in [-0.15, -0.1) is 0 Å². The lowest BCUT2D eigenvalue weighted by Gasteiger charge is -2.10. The molecule has 0 spiro atoms. The monoisotopic (exact) mass is 288 g/mol. The maximum Gasteiger partial charge on any atom is 0.119 e. The Kier molecular flexibility index (Phi) is 5.99. The highest BCUT2D eigenvalue weighted by molar-refractivity contribution is 5.49. The number of hydrogen-bond donors (Lipinski definition) is 2. The molecule has 1 aromatic heterocycles. The molecule has 0 aliphatic carbocycles. The van der Waals surface area contributed by atoms with Gasteiger partial charge in [0.15, 0.2) is 0 Å². The average Bonchev–Trinajstić information content (AvgIpc) is 2.54. The van der Waals surface area contributed by atoms with E-state index in [2.05, 4.69) is 10.3 Å². The zero-order chi connectivity index (χ0) is 14.9. The molecule has 0 atom stereocenters.